The average Bonchev–Trinajstić information content (AvgIpc) is 3.19. The summed E-state index contributed by atoms with van der Waals surface area (Å²) in [5, 5.41) is 0. The van der Waals surface area contributed by atoms with E-state index in [0.29, 0.717) is 12.3 Å². The van der Waals surface area contributed by atoms with Gasteiger partial charge in [0.05, 0.1) is 0 Å². The number of benzene rings is 1. The van der Waals surface area contributed by atoms with Crippen molar-refractivity contribution < 1.29 is 0 Å². The maximum Gasteiger partial charge on any atom is 0.254 e. The summed E-state index contributed by atoms with van der Waals surface area (Å²) in [7, 11) is 0. The molecule has 1 aliphatic carbocycles. The highest BCUT2D eigenvalue weighted by Gasteiger charge is 2.26. The molecule has 3 rings (SSSR count). The largest absolute Gasteiger partial charge is 0.310 e. The van der Waals surface area contributed by atoms with Crippen molar-refractivity contribution in [1.29, 1.82) is 0 Å². The summed E-state index contributed by atoms with van der Waals surface area (Å²) < 4.78 is 0. The van der Waals surface area contributed by atoms with Gasteiger partial charge < -0.3 is 4.98 Å². The predicted molar refractivity (Wildman–Crippen MR) is 70.8 cm³/mol. The van der Waals surface area contributed by atoms with Gasteiger partial charge in [-0.3, -0.25) is 4.79 Å². The highest BCUT2D eigenvalue weighted by Crippen LogP contribution is 2.37. The third kappa shape index (κ3) is 2.21. The third-order valence-corrected chi connectivity index (χ3v) is 3.43. The second-order valence-corrected chi connectivity index (χ2v) is 4.95. The van der Waals surface area contributed by atoms with Crippen molar-refractivity contribution in [2.24, 2.45) is 0 Å². The topological polar surface area (TPSA) is 45.8 Å². The lowest BCUT2D eigenvalue weighted by Gasteiger charge is -2.06. The summed E-state index contributed by atoms with van der Waals surface area (Å²) in [6.07, 6.45) is 2.96. The van der Waals surface area contributed by atoms with Crippen molar-refractivity contribution >= 4 is 0 Å². The van der Waals surface area contributed by atoms with E-state index in [-0.39, 0.29) is 5.56 Å². The van der Waals surface area contributed by atoms with Gasteiger partial charge in [-0.05, 0) is 25.3 Å². The van der Waals surface area contributed by atoms with Gasteiger partial charge in [0.15, 0.2) is 0 Å². The third-order valence-electron chi connectivity index (χ3n) is 3.43. The molecule has 1 aromatic carbocycles. The van der Waals surface area contributed by atoms with E-state index < -0.39 is 0 Å². The molecule has 18 heavy (non-hydrogen) atoms. The van der Waals surface area contributed by atoms with Crippen LogP contribution < -0.4 is 5.56 Å². The molecule has 0 aliphatic heterocycles. The Morgan fingerprint density at radius 3 is 2.61 bits per heavy atom. The molecule has 1 saturated carbocycles. The summed E-state index contributed by atoms with van der Waals surface area (Å²) in [4.78, 5) is 19.6. The molecule has 0 unspecified atom stereocenters. The first-order valence-electron chi connectivity index (χ1n) is 6.37. The fraction of sp³-hybridized carbons (Fsp3) is 0.333. The first-order valence-corrected chi connectivity index (χ1v) is 6.37. The molecule has 0 saturated heterocycles. The molecule has 3 heteroatoms. The molecule has 0 amide bonds. The standard InChI is InChI=1S/C15H16N2O/c1-10-13(9-11-5-3-2-4-6-11)15(18)17-14(16-10)12-7-8-12/h2-6,12H,7-9H2,1H3,(H,16,17,18). The lowest BCUT2D eigenvalue weighted by atomic mass is 10.1. The predicted octanol–water partition coefficient (Wildman–Crippen LogP) is 2.55. The van der Waals surface area contributed by atoms with Crippen LogP contribution in [0.5, 0.6) is 0 Å². The summed E-state index contributed by atoms with van der Waals surface area (Å²) in [6, 6.07) is 10.0. The maximum absolute atomic E-state index is 12.1. The summed E-state index contributed by atoms with van der Waals surface area (Å²) in [6.45, 7) is 1.93. The van der Waals surface area contributed by atoms with Gasteiger partial charge >= 0.3 is 0 Å². The van der Waals surface area contributed by atoms with Crippen molar-refractivity contribution in [1.82, 2.24) is 9.97 Å². The highest BCUT2D eigenvalue weighted by molar-refractivity contribution is 5.27. The number of aromatic nitrogens is 2. The van der Waals surface area contributed by atoms with E-state index in [2.05, 4.69) is 9.97 Å². The lowest BCUT2D eigenvalue weighted by molar-refractivity contribution is 0.860. The van der Waals surface area contributed by atoms with Gasteiger partial charge in [0.1, 0.15) is 5.82 Å². The Labute approximate surface area is 106 Å². The lowest BCUT2D eigenvalue weighted by Crippen LogP contribution is -2.19. The molecule has 3 nitrogen and oxygen atoms in total. The van der Waals surface area contributed by atoms with Crippen LogP contribution in [0, 0.1) is 6.92 Å². The van der Waals surface area contributed by atoms with E-state index in [1.165, 1.54) is 0 Å². The van der Waals surface area contributed by atoms with Gasteiger partial charge in [0, 0.05) is 23.6 Å². The number of aryl methyl sites for hydroxylation is 1. The smallest absolute Gasteiger partial charge is 0.254 e. The Kier molecular flexibility index (Phi) is 2.74. The normalized spacial score (nSPS) is 14.7. The quantitative estimate of drug-likeness (QED) is 0.896. The van der Waals surface area contributed by atoms with Gasteiger partial charge in [0.25, 0.3) is 5.56 Å². The van der Waals surface area contributed by atoms with E-state index in [1.54, 1.807) is 0 Å². The van der Waals surface area contributed by atoms with Crippen LogP contribution in [-0.2, 0) is 6.42 Å². The number of aromatic amines is 1. The Balaban J connectivity index is 1.95. The molecule has 0 radical (unpaired) electrons. The van der Waals surface area contributed by atoms with Crippen molar-refractivity contribution in [2.75, 3.05) is 0 Å². The molecule has 2 aromatic rings. The van der Waals surface area contributed by atoms with Crippen LogP contribution in [0.3, 0.4) is 0 Å². The van der Waals surface area contributed by atoms with E-state index >= 15 is 0 Å². The monoisotopic (exact) mass is 240 g/mol. The molecular weight excluding hydrogens is 224 g/mol. The summed E-state index contributed by atoms with van der Waals surface area (Å²) in [5.41, 5.74) is 2.82. The van der Waals surface area contributed by atoms with Crippen LogP contribution in [0.2, 0.25) is 0 Å². The SMILES string of the molecule is Cc1nc(C2CC2)[nH]c(=O)c1Cc1ccccc1. The van der Waals surface area contributed by atoms with Gasteiger partial charge in [-0.25, -0.2) is 4.98 Å². The van der Waals surface area contributed by atoms with Crippen LogP contribution in [-0.4, -0.2) is 9.97 Å². The zero-order valence-electron chi connectivity index (χ0n) is 10.4. The number of rotatable bonds is 3. The summed E-state index contributed by atoms with van der Waals surface area (Å²) in [5.74, 6) is 1.36. The van der Waals surface area contributed by atoms with Crippen LogP contribution in [0.25, 0.3) is 0 Å². The van der Waals surface area contributed by atoms with Crippen molar-refractivity contribution in [2.45, 2.75) is 32.1 Å². The second-order valence-electron chi connectivity index (χ2n) is 4.95. The second kappa shape index (κ2) is 4.41. The zero-order chi connectivity index (χ0) is 12.5. The van der Waals surface area contributed by atoms with Crippen LogP contribution >= 0.6 is 0 Å². The van der Waals surface area contributed by atoms with Gasteiger partial charge in [-0.2, -0.15) is 0 Å². The van der Waals surface area contributed by atoms with Gasteiger partial charge in [-0.1, -0.05) is 30.3 Å². The molecule has 0 bridgehead atoms. The number of hydrogen-bond donors (Lipinski definition) is 1. The molecule has 1 heterocycles. The average molecular weight is 240 g/mol. The fourth-order valence-electron chi connectivity index (χ4n) is 2.19. The van der Waals surface area contributed by atoms with Gasteiger partial charge in [-0.15, -0.1) is 0 Å². The van der Waals surface area contributed by atoms with E-state index in [4.69, 9.17) is 0 Å². The molecule has 0 spiro atoms. The van der Waals surface area contributed by atoms with Crippen LogP contribution in [0.4, 0.5) is 0 Å². The number of nitrogens with zero attached hydrogens (tertiary/aromatic N) is 1. The molecule has 1 aliphatic rings. The number of H-pyrrole nitrogens is 1. The number of hydrogen-bond acceptors (Lipinski definition) is 2. The minimum atomic E-state index is 0.0215. The van der Waals surface area contributed by atoms with Crippen LogP contribution in [0.1, 0.15) is 41.4 Å². The van der Waals surface area contributed by atoms with Gasteiger partial charge in [0.2, 0.25) is 0 Å². The van der Waals surface area contributed by atoms with E-state index in [1.807, 2.05) is 37.3 Å². The highest BCUT2D eigenvalue weighted by atomic mass is 16.1. The summed E-state index contributed by atoms with van der Waals surface area (Å²) >= 11 is 0. The van der Waals surface area contributed by atoms with Crippen molar-refractivity contribution in [3.63, 3.8) is 0 Å². The van der Waals surface area contributed by atoms with Crippen molar-refractivity contribution in [3.05, 3.63) is 63.3 Å². The molecule has 1 N–H and O–H groups in total. The zero-order valence-corrected chi connectivity index (χ0v) is 10.4. The van der Waals surface area contributed by atoms with E-state index in [0.717, 1.165) is 35.5 Å². The molecule has 1 aromatic heterocycles. The molecular formula is C15H16N2O. The first kappa shape index (κ1) is 11.2. The Morgan fingerprint density at radius 1 is 1.28 bits per heavy atom. The van der Waals surface area contributed by atoms with E-state index in [9.17, 15) is 4.79 Å². The Hall–Kier alpha value is -1.90. The van der Waals surface area contributed by atoms with Crippen molar-refractivity contribution in [3.8, 4) is 0 Å². The minimum Gasteiger partial charge on any atom is -0.310 e. The molecule has 92 valence electrons. The maximum atomic E-state index is 12.1. The fourth-order valence-corrected chi connectivity index (χ4v) is 2.19. The molecule has 0 atom stereocenters. The minimum absolute atomic E-state index is 0.0215. The molecule has 1 fully saturated rings. The number of nitrogens with one attached hydrogen (secondary N) is 1. The Morgan fingerprint density at radius 2 is 2.00 bits per heavy atom. The Bertz CT molecular complexity index is 612. The first-order chi connectivity index (χ1) is 8.74. The van der Waals surface area contributed by atoms with Crippen LogP contribution in [0.15, 0.2) is 35.1 Å².